The fraction of sp³-hybridized carbons (Fsp3) is 0.460. The molecule has 16 heteroatoms. The standard InChI is InChI=1S/C50H67N7O9/c1-8-30(5)42(47(62)55-40(50(65)66)27-35-28-51-37-23-17-16-22-36(35)37)57-48(63)43(31(6)9-2)56-45(60)38(24-25-58)53-46(61)39(26-29(3)4)54-49(64)44(52-32(7)59)41(33-18-12-10-13-19-33)34-20-14-11-15-21-34/h10-23,28-31,38-44,51,58H,8-9,24-27H2,1-7H3,(H,52,59)(H,53,61)(H,54,64)(H,55,62)(H,56,60)(H,57,63)(H,65,66)/t30-,31-,38-,39-,40-,42-,43-,44+/m0/s1. The number of nitrogens with one attached hydrogen (secondary N) is 7. The Morgan fingerprint density at radius 3 is 1.56 bits per heavy atom. The van der Waals surface area contributed by atoms with Crippen molar-refractivity contribution in [2.45, 2.75) is 123 Å². The summed E-state index contributed by atoms with van der Waals surface area (Å²) in [6.45, 7) is 11.6. The molecule has 0 aliphatic carbocycles. The molecule has 0 unspecified atom stereocenters. The molecule has 16 nitrogen and oxygen atoms in total. The Morgan fingerprint density at radius 2 is 1.05 bits per heavy atom. The topological polar surface area (TPSA) is 248 Å². The van der Waals surface area contributed by atoms with E-state index in [0.717, 1.165) is 22.0 Å². The van der Waals surface area contributed by atoms with E-state index in [-0.39, 0.29) is 25.2 Å². The molecule has 4 rings (SSSR count). The summed E-state index contributed by atoms with van der Waals surface area (Å²) >= 11 is 0. The predicted octanol–water partition coefficient (Wildman–Crippen LogP) is 4.08. The highest BCUT2D eigenvalue weighted by Crippen LogP contribution is 2.29. The maximum Gasteiger partial charge on any atom is 0.326 e. The van der Waals surface area contributed by atoms with E-state index in [0.29, 0.717) is 18.4 Å². The lowest BCUT2D eigenvalue weighted by molar-refractivity contribution is -0.142. The average molecular weight is 910 g/mol. The smallest absolute Gasteiger partial charge is 0.326 e. The number of amides is 6. The van der Waals surface area contributed by atoms with E-state index in [1.807, 2.05) is 113 Å². The van der Waals surface area contributed by atoms with Gasteiger partial charge in [0.05, 0.1) is 0 Å². The van der Waals surface area contributed by atoms with Crippen molar-refractivity contribution in [3.05, 3.63) is 108 Å². The van der Waals surface area contributed by atoms with Gasteiger partial charge in [-0.25, -0.2) is 4.79 Å². The van der Waals surface area contributed by atoms with Crippen LogP contribution in [-0.2, 0) is 40.0 Å². The third kappa shape index (κ3) is 14.5. The van der Waals surface area contributed by atoms with Gasteiger partial charge >= 0.3 is 5.97 Å². The fourth-order valence-electron chi connectivity index (χ4n) is 7.93. The number of aromatic nitrogens is 1. The Labute approximate surface area is 386 Å². The summed E-state index contributed by atoms with van der Waals surface area (Å²) in [5, 5.41) is 37.5. The number of carbonyl (C=O) groups excluding carboxylic acids is 6. The molecule has 1 heterocycles. The summed E-state index contributed by atoms with van der Waals surface area (Å²) in [6.07, 6.45) is 2.47. The first-order valence-corrected chi connectivity index (χ1v) is 22.8. The number of aliphatic hydroxyl groups is 1. The molecule has 0 saturated heterocycles. The lowest BCUT2D eigenvalue weighted by Crippen LogP contribution is -2.61. The van der Waals surface area contributed by atoms with Crippen molar-refractivity contribution in [3.8, 4) is 0 Å². The number of hydrogen-bond acceptors (Lipinski definition) is 8. The number of carboxylic acids is 1. The van der Waals surface area contributed by atoms with E-state index in [2.05, 4.69) is 36.9 Å². The van der Waals surface area contributed by atoms with Gasteiger partial charge < -0.3 is 47.1 Å². The molecule has 3 aromatic carbocycles. The van der Waals surface area contributed by atoms with Gasteiger partial charge in [0.25, 0.3) is 0 Å². The zero-order chi connectivity index (χ0) is 48.5. The van der Waals surface area contributed by atoms with Crippen LogP contribution in [0.2, 0.25) is 0 Å². The second-order valence-electron chi connectivity index (χ2n) is 17.4. The first-order chi connectivity index (χ1) is 31.5. The van der Waals surface area contributed by atoms with Crippen molar-refractivity contribution in [2.75, 3.05) is 6.61 Å². The van der Waals surface area contributed by atoms with E-state index < -0.39 is 102 Å². The average Bonchev–Trinajstić information content (AvgIpc) is 3.71. The number of carboxylic acid groups (broad SMARTS) is 1. The summed E-state index contributed by atoms with van der Waals surface area (Å²) in [7, 11) is 0. The summed E-state index contributed by atoms with van der Waals surface area (Å²) in [5.74, 6) is -6.92. The highest BCUT2D eigenvalue weighted by Gasteiger charge is 2.38. The van der Waals surface area contributed by atoms with Crippen LogP contribution >= 0.6 is 0 Å². The monoisotopic (exact) mass is 910 g/mol. The molecule has 4 aromatic rings. The van der Waals surface area contributed by atoms with Gasteiger partial charge in [0.2, 0.25) is 35.4 Å². The third-order valence-electron chi connectivity index (χ3n) is 12.0. The summed E-state index contributed by atoms with van der Waals surface area (Å²) in [6, 6.07) is 18.4. The number of aliphatic hydroxyl groups excluding tert-OH is 1. The molecule has 9 N–H and O–H groups in total. The summed E-state index contributed by atoms with van der Waals surface area (Å²) in [5.41, 5.74) is 3.02. The molecule has 0 spiro atoms. The van der Waals surface area contributed by atoms with Crippen LogP contribution in [0, 0.1) is 17.8 Å². The van der Waals surface area contributed by atoms with Gasteiger partial charge in [-0.15, -0.1) is 0 Å². The van der Waals surface area contributed by atoms with Gasteiger partial charge in [0, 0.05) is 43.0 Å². The van der Waals surface area contributed by atoms with Gasteiger partial charge in [-0.2, -0.15) is 0 Å². The number of aromatic amines is 1. The molecule has 0 aliphatic heterocycles. The minimum Gasteiger partial charge on any atom is -0.480 e. The maximum atomic E-state index is 14.3. The number of carbonyl (C=O) groups is 7. The van der Waals surface area contributed by atoms with Crippen molar-refractivity contribution in [3.63, 3.8) is 0 Å². The highest BCUT2D eigenvalue weighted by atomic mass is 16.4. The molecule has 0 radical (unpaired) electrons. The Balaban J connectivity index is 1.54. The molecule has 6 amide bonds. The van der Waals surface area contributed by atoms with E-state index in [1.54, 1.807) is 20.0 Å². The van der Waals surface area contributed by atoms with Crippen LogP contribution in [0.1, 0.15) is 96.8 Å². The molecular weight excluding hydrogens is 843 g/mol. The number of rotatable bonds is 25. The second kappa shape index (κ2) is 25.2. The first-order valence-electron chi connectivity index (χ1n) is 22.8. The van der Waals surface area contributed by atoms with E-state index >= 15 is 0 Å². The molecule has 0 aliphatic rings. The first kappa shape index (κ1) is 52.1. The zero-order valence-corrected chi connectivity index (χ0v) is 38.9. The molecule has 0 bridgehead atoms. The molecule has 66 heavy (non-hydrogen) atoms. The Morgan fingerprint density at radius 1 is 0.576 bits per heavy atom. The van der Waals surface area contributed by atoms with Crippen molar-refractivity contribution in [1.82, 2.24) is 36.9 Å². The van der Waals surface area contributed by atoms with Crippen LogP contribution in [0.3, 0.4) is 0 Å². The van der Waals surface area contributed by atoms with E-state index in [9.17, 15) is 43.8 Å². The van der Waals surface area contributed by atoms with Gasteiger partial charge in [-0.05, 0) is 53.4 Å². The van der Waals surface area contributed by atoms with E-state index in [4.69, 9.17) is 0 Å². The number of hydrogen-bond donors (Lipinski definition) is 9. The largest absolute Gasteiger partial charge is 0.480 e. The molecular formula is C50H67N7O9. The van der Waals surface area contributed by atoms with Gasteiger partial charge in [0.1, 0.15) is 36.3 Å². The highest BCUT2D eigenvalue weighted by molar-refractivity contribution is 5.97. The van der Waals surface area contributed by atoms with Gasteiger partial charge in [0.15, 0.2) is 0 Å². The number of fused-ring (bicyclic) bond motifs is 1. The number of H-pyrrole nitrogens is 1. The van der Waals surface area contributed by atoms with Crippen molar-refractivity contribution < 1.29 is 43.8 Å². The Hall–Kier alpha value is -6.55. The van der Waals surface area contributed by atoms with Crippen LogP contribution in [0.15, 0.2) is 91.1 Å². The molecule has 356 valence electrons. The van der Waals surface area contributed by atoms with Gasteiger partial charge in [-0.3, -0.25) is 28.8 Å². The van der Waals surface area contributed by atoms with Gasteiger partial charge in [-0.1, -0.05) is 133 Å². The molecule has 8 atom stereocenters. The van der Waals surface area contributed by atoms with Crippen LogP contribution in [0.25, 0.3) is 10.9 Å². The lowest BCUT2D eigenvalue weighted by Gasteiger charge is -2.31. The predicted molar refractivity (Wildman–Crippen MR) is 252 cm³/mol. The Bertz CT molecular complexity index is 2210. The third-order valence-corrected chi connectivity index (χ3v) is 12.0. The normalized spacial score (nSPS) is 15.0. The molecule has 0 fully saturated rings. The number of aliphatic carboxylic acids is 1. The van der Waals surface area contributed by atoms with Crippen LogP contribution in [0.4, 0.5) is 0 Å². The van der Waals surface area contributed by atoms with Crippen LogP contribution in [-0.4, -0.2) is 99.5 Å². The van der Waals surface area contributed by atoms with Crippen LogP contribution < -0.4 is 31.9 Å². The maximum absolute atomic E-state index is 14.3. The quantitative estimate of drug-likeness (QED) is 0.0465. The SMILES string of the molecule is CC[C@H](C)[C@H](NC(=O)[C@H](CCO)NC(=O)[C@H](CC(C)C)NC(=O)[C@H](NC(C)=O)C(c1ccccc1)c1ccccc1)C(=O)N[C@H](C(=O)N[C@@H](Cc1c[nH]c2ccccc12)C(=O)O)[C@@H](C)CC. The second-order valence-corrected chi connectivity index (χ2v) is 17.4. The molecule has 1 aromatic heterocycles. The van der Waals surface area contributed by atoms with Crippen molar-refractivity contribution in [1.29, 1.82) is 0 Å². The van der Waals surface area contributed by atoms with Crippen molar-refractivity contribution >= 4 is 52.3 Å². The minimum atomic E-state index is -1.35. The van der Waals surface area contributed by atoms with Crippen molar-refractivity contribution in [2.24, 2.45) is 17.8 Å². The molecule has 0 saturated carbocycles. The summed E-state index contributed by atoms with van der Waals surface area (Å²) < 4.78 is 0. The number of benzene rings is 3. The fourth-order valence-corrected chi connectivity index (χ4v) is 7.93. The minimum absolute atomic E-state index is 0.0186. The lowest BCUT2D eigenvalue weighted by atomic mass is 9.84. The number of para-hydroxylation sites is 1. The zero-order valence-electron chi connectivity index (χ0n) is 38.9. The van der Waals surface area contributed by atoms with Crippen LogP contribution in [0.5, 0.6) is 0 Å². The van der Waals surface area contributed by atoms with E-state index in [1.165, 1.54) is 6.92 Å². The Kier molecular flexibility index (Phi) is 19.9. The summed E-state index contributed by atoms with van der Waals surface area (Å²) in [4.78, 5) is 98.7.